The minimum absolute atomic E-state index is 0.0105. The molecule has 0 unspecified atom stereocenters. The van der Waals surface area contributed by atoms with Crippen LogP contribution in [0, 0.1) is 5.82 Å². The van der Waals surface area contributed by atoms with Crippen molar-refractivity contribution in [3.8, 4) is 0 Å². The molecule has 28 heavy (non-hydrogen) atoms. The van der Waals surface area contributed by atoms with Crippen molar-refractivity contribution in [3.05, 3.63) is 35.9 Å². The number of rotatable bonds is 11. The summed E-state index contributed by atoms with van der Waals surface area (Å²) in [5, 5.41) is 8.23. The van der Waals surface area contributed by atoms with Crippen LogP contribution in [0.15, 0.2) is 23.8 Å². The summed E-state index contributed by atoms with van der Waals surface area (Å²) < 4.78 is 14.8. The summed E-state index contributed by atoms with van der Waals surface area (Å²) in [4.78, 5) is 30.7. The van der Waals surface area contributed by atoms with Gasteiger partial charge in [0.15, 0.2) is 11.6 Å². The minimum Gasteiger partial charge on any atom is -0.404 e. The molecule has 0 saturated heterocycles. The Bertz CT molecular complexity index is 821. The highest BCUT2D eigenvalue weighted by atomic mass is 19.1. The molecule has 0 saturated carbocycles. The highest BCUT2D eigenvalue weighted by Crippen LogP contribution is 2.37. The Kier molecular flexibility index (Phi) is 7.25. The molecule has 1 aliphatic heterocycles. The topological polar surface area (TPSA) is 122 Å². The van der Waals surface area contributed by atoms with Gasteiger partial charge in [-0.25, -0.2) is 9.37 Å². The zero-order valence-electron chi connectivity index (χ0n) is 16.0. The van der Waals surface area contributed by atoms with Crippen molar-refractivity contribution in [2.75, 3.05) is 17.7 Å². The highest BCUT2D eigenvalue weighted by Gasteiger charge is 2.34. The lowest BCUT2D eigenvalue weighted by Gasteiger charge is -2.26. The number of allylic oxidation sites excluding steroid dienone is 1. The van der Waals surface area contributed by atoms with Crippen LogP contribution < -0.4 is 21.7 Å². The van der Waals surface area contributed by atoms with Gasteiger partial charge < -0.3 is 21.7 Å². The van der Waals surface area contributed by atoms with Crippen LogP contribution in [-0.2, 0) is 4.79 Å². The molecular weight excluding hydrogens is 363 g/mol. The summed E-state index contributed by atoms with van der Waals surface area (Å²) in [7, 11) is 1.56. The van der Waals surface area contributed by atoms with E-state index in [-0.39, 0.29) is 34.8 Å². The number of amides is 2. The molecule has 5 N–H and O–H groups in total. The van der Waals surface area contributed by atoms with Crippen molar-refractivity contribution in [2.45, 2.75) is 38.3 Å². The SMILES string of the molecule is C=CC[C@H](CC[C@@H](C)NC=O)Nc1nc(C(C=NC)=CN)c2c(c1F)NC2=O. The molecule has 0 radical (unpaired) electrons. The maximum Gasteiger partial charge on any atom is 0.260 e. The second kappa shape index (κ2) is 9.63. The second-order valence-corrected chi connectivity index (χ2v) is 6.46. The van der Waals surface area contributed by atoms with E-state index in [0.717, 1.165) is 0 Å². The van der Waals surface area contributed by atoms with Gasteiger partial charge in [-0.2, -0.15) is 0 Å². The number of carbonyl (C=O) groups excluding carboxylic acids is 2. The molecule has 1 aromatic rings. The lowest BCUT2D eigenvalue weighted by Crippen LogP contribution is -2.32. The molecule has 2 atom stereocenters. The summed E-state index contributed by atoms with van der Waals surface area (Å²) in [5.74, 6) is -1.03. The standard InChI is InChI=1S/C19H25FN6O2/c1-4-5-13(7-6-11(2)23-10-27)24-18-15(20)17-14(19(28)26-17)16(25-18)12(8-21)9-22-3/h4,8-11,13H,1,5-7,21H2,2-3H3,(H,23,27)(H,24,25)(H,26,28)/t11-,13-/m1/s1. The summed E-state index contributed by atoms with van der Waals surface area (Å²) in [6.45, 7) is 5.63. The first kappa shape index (κ1) is 21.1. The Morgan fingerprint density at radius 2 is 2.21 bits per heavy atom. The highest BCUT2D eigenvalue weighted by molar-refractivity contribution is 6.24. The number of halogens is 1. The zero-order valence-corrected chi connectivity index (χ0v) is 16.0. The molecule has 0 aliphatic carbocycles. The van der Waals surface area contributed by atoms with E-state index >= 15 is 0 Å². The summed E-state index contributed by atoms with van der Waals surface area (Å²) in [6, 6.07) is -0.161. The van der Waals surface area contributed by atoms with Crippen molar-refractivity contribution >= 4 is 35.6 Å². The Balaban J connectivity index is 2.33. The van der Waals surface area contributed by atoms with Gasteiger partial charge in [-0.05, 0) is 26.2 Å². The first-order chi connectivity index (χ1) is 13.5. The fourth-order valence-electron chi connectivity index (χ4n) is 2.94. The predicted octanol–water partition coefficient (Wildman–Crippen LogP) is 2.06. The van der Waals surface area contributed by atoms with Crippen molar-refractivity contribution < 1.29 is 14.0 Å². The molecule has 2 amide bonds. The number of carbonyl (C=O) groups is 2. The number of nitrogens with one attached hydrogen (secondary N) is 3. The number of aliphatic imine (C=N–C) groups is 1. The van der Waals surface area contributed by atoms with Crippen LogP contribution in [0.5, 0.6) is 0 Å². The van der Waals surface area contributed by atoms with Crippen LogP contribution in [-0.4, -0.2) is 42.6 Å². The maximum atomic E-state index is 14.8. The van der Waals surface area contributed by atoms with Gasteiger partial charge in [0.25, 0.3) is 5.91 Å². The third kappa shape index (κ3) is 4.54. The number of fused-ring (bicyclic) bond motifs is 1. The summed E-state index contributed by atoms with van der Waals surface area (Å²) >= 11 is 0. The van der Waals surface area contributed by atoms with Crippen LogP contribution in [0.4, 0.5) is 15.9 Å². The Hall–Kier alpha value is -3.23. The third-order valence-electron chi connectivity index (χ3n) is 4.42. The lowest BCUT2D eigenvalue weighted by molar-refractivity contribution is -0.110. The fourth-order valence-corrected chi connectivity index (χ4v) is 2.94. The Labute approximate surface area is 163 Å². The maximum absolute atomic E-state index is 14.8. The smallest absolute Gasteiger partial charge is 0.260 e. The molecule has 9 heteroatoms. The molecule has 0 bridgehead atoms. The lowest BCUT2D eigenvalue weighted by atomic mass is 9.98. The molecule has 2 rings (SSSR count). The van der Waals surface area contributed by atoms with Crippen LogP contribution in [0.2, 0.25) is 0 Å². The zero-order chi connectivity index (χ0) is 20.7. The Morgan fingerprint density at radius 1 is 1.46 bits per heavy atom. The first-order valence-electron chi connectivity index (χ1n) is 8.93. The number of nitrogens with zero attached hydrogens (tertiary/aromatic N) is 2. The third-order valence-corrected chi connectivity index (χ3v) is 4.42. The average molecular weight is 388 g/mol. The molecular formula is C19H25FN6O2. The number of nitrogens with two attached hydrogens (primary N) is 1. The van der Waals surface area contributed by atoms with E-state index in [0.29, 0.717) is 31.2 Å². The van der Waals surface area contributed by atoms with E-state index in [1.807, 2.05) is 6.92 Å². The van der Waals surface area contributed by atoms with Gasteiger partial charge in [0.2, 0.25) is 6.41 Å². The number of hydrogen-bond donors (Lipinski definition) is 4. The van der Waals surface area contributed by atoms with Crippen molar-refractivity contribution in [2.24, 2.45) is 10.7 Å². The van der Waals surface area contributed by atoms with Gasteiger partial charge in [0, 0.05) is 37.1 Å². The largest absolute Gasteiger partial charge is 0.404 e. The normalized spacial score (nSPS) is 15.2. The van der Waals surface area contributed by atoms with Crippen LogP contribution >= 0.6 is 0 Å². The molecule has 2 heterocycles. The first-order valence-corrected chi connectivity index (χ1v) is 8.93. The molecule has 0 spiro atoms. The molecule has 150 valence electrons. The van der Waals surface area contributed by atoms with Crippen molar-refractivity contribution in [3.63, 3.8) is 0 Å². The predicted molar refractivity (Wildman–Crippen MR) is 109 cm³/mol. The van der Waals surface area contributed by atoms with E-state index in [1.54, 1.807) is 13.1 Å². The molecule has 0 fully saturated rings. The van der Waals surface area contributed by atoms with Crippen LogP contribution in [0.1, 0.15) is 42.2 Å². The van der Waals surface area contributed by atoms with Crippen molar-refractivity contribution in [1.82, 2.24) is 10.3 Å². The molecule has 0 aromatic carbocycles. The molecule has 8 nitrogen and oxygen atoms in total. The van der Waals surface area contributed by atoms with Gasteiger partial charge in [-0.1, -0.05) is 6.08 Å². The van der Waals surface area contributed by atoms with Gasteiger partial charge in [-0.15, -0.1) is 6.58 Å². The number of pyridine rings is 1. The number of anilines is 2. The van der Waals surface area contributed by atoms with Crippen LogP contribution in [0.3, 0.4) is 0 Å². The molecule has 1 aliphatic rings. The Morgan fingerprint density at radius 3 is 2.79 bits per heavy atom. The monoisotopic (exact) mass is 388 g/mol. The summed E-state index contributed by atoms with van der Waals surface area (Å²) in [5.41, 5.74) is 6.57. The van der Waals surface area contributed by atoms with E-state index in [9.17, 15) is 14.0 Å². The summed E-state index contributed by atoms with van der Waals surface area (Å²) in [6.07, 6.45) is 7.04. The van der Waals surface area contributed by atoms with E-state index in [4.69, 9.17) is 5.73 Å². The van der Waals surface area contributed by atoms with E-state index < -0.39 is 11.7 Å². The van der Waals surface area contributed by atoms with Gasteiger partial charge in [-0.3, -0.25) is 14.6 Å². The second-order valence-electron chi connectivity index (χ2n) is 6.46. The quantitative estimate of drug-likeness (QED) is 0.263. The van der Waals surface area contributed by atoms with E-state index in [2.05, 4.69) is 32.5 Å². The number of aromatic nitrogens is 1. The van der Waals surface area contributed by atoms with Gasteiger partial charge in [0.05, 0.1) is 16.9 Å². The van der Waals surface area contributed by atoms with Gasteiger partial charge in [0.1, 0.15) is 0 Å². The number of hydrogen-bond acceptors (Lipinski definition) is 6. The van der Waals surface area contributed by atoms with Gasteiger partial charge >= 0.3 is 0 Å². The van der Waals surface area contributed by atoms with Crippen LogP contribution in [0.25, 0.3) is 5.57 Å². The van der Waals surface area contributed by atoms with E-state index in [1.165, 1.54) is 12.4 Å². The van der Waals surface area contributed by atoms with Crippen molar-refractivity contribution in [1.29, 1.82) is 0 Å². The minimum atomic E-state index is -0.628. The average Bonchev–Trinajstić information content (AvgIpc) is 2.66. The molecule has 1 aromatic heterocycles. The fraction of sp³-hybridized carbons (Fsp3) is 0.368.